The second-order valence-electron chi connectivity index (χ2n) is 8.74. The quantitative estimate of drug-likeness (QED) is 0.353. The van der Waals surface area contributed by atoms with Crippen LogP contribution in [0.25, 0.3) is 0 Å². The van der Waals surface area contributed by atoms with E-state index in [9.17, 15) is 9.59 Å². The summed E-state index contributed by atoms with van der Waals surface area (Å²) in [6.07, 6.45) is 8.47. The molecule has 1 saturated carbocycles. The van der Waals surface area contributed by atoms with Crippen molar-refractivity contribution in [1.82, 2.24) is 10.6 Å². The van der Waals surface area contributed by atoms with Gasteiger partial charge in [-0.25, -0.2) is 4.79 Å². The third-order valence-corrected chi connectivity index (χ3v) is 6.44. The zero-order valence-corrected chi connectivity index (χ0v) is 19.9. The summed E-state index contributed by atoms with van der Waals surface area (Å²) in [6, 6.07) is 14.4. The Morgan fingerprint density at radius 2 is 1.67 bits per heavy atom. The van der Waals surface area contributed by atoms with Crippen LogP contribution < -0.4 is 21.7 Å². The number of unbranched alkanes of at least 4 members (excludes halogenated alkanes) is 1. The van der Waals surface area contributed by atoms with E-state index in [4.69, 9.17) is 17.3 Å². The molecule has 0 heterocycles. The first kappa shape index (κ1) is 25.1. The van der Waals surface area contributed by atoms with Crippen molar-refractivity contribution in [3.63, 3.8) is 0 Å². The second-order valence-corrected chi connectivity index (χ2v) is 9.17. The number of urea groups is 1. The Hall–Kier alpha value is -2.57. The number of benzene rings is 2. The molecule has 6 nitrogen and oxygen atoms in total. The summed E-state index contributed by atoms with van der Waals surface area (Å²) >= 11 is 5.90. The van der Waals surface area contributed by atoms with Crippen LogP contribution >= 0.6 is 11.6 Å². The van der Waals surface area contributed by atoms with Gasteiger partial charge in [-0.3, -0.25) is 4.79 Å². The molecule has 7 heteroatoms. The number of carbonyl (C=O) groups excluding carboxylic acids is 2. The minimum absolute atomic E-state index is 0.223. The van der Waals surface area contributed by atoms with E-state index < -0.39 is 6.04 Å². The Morgan fingerprint density at radius 3 is 2.33 bits per heavy atom. The largest absolute Gasteiger partial charge is 0.334 e. The van der Waals surface area contributed by atoms with Gasteiger partial charge in [-0.05, 0) is 80.0 Å². The highest BCUT2D eigenvalue weighted by Crippen LogP contribution is 2.33. The molecule has 178 valence electrons. The molecule has 1 aliphatic rings. The molecule has 5 N–H and O–H groups in total. The molecule has 1 aliphatic carbocycles. The fraction of sp³-hybridized carbons (Fsp3) is 0.462. The van der Waals surface area contributed by atoms with Gasteiger partial charge in [0.25, 0.3) is 0 Å². The van der Waals surface area contributed by atoms with Crippen LogP contribution in [0, 0.1) is 0 Å². The first-order valence-electron chi connectivity index (χ1n) is 11.9. The molecule has 3 rings (SSSR count). The molecule has 0 bridgehead atoms. The third-order valence-electron chi connectivity index (χ3n) is 6.19. The normalized spacial score (nSPS) is 15.0. The smallest absolute Gasteiger partial charge is 0.315 e. The Bertz CT molecular complexity index is 880. The first-order chi connectivity index (χ1) is 16.0. The molecule has 2 aromatic carbocycles. The molecule has 0 spiro atoms. The summed E-state index contributed by atoms with van der Waals surface area (Å²) in [7, 11) is 0. The molecule has 3 amide bonds. The van der Waals surface area contributed by atoms with Gasteiger partial charge in [-0.1, -0.05) is 55.1 Å². The van der Waals surface area contributed by atoms with E-state index >= 15 is 0 Å². The lowest BCUT2D eigenvalue weighted by Crippen LogP contribution is -2.47. The zero-order valence-electron chi connectivity index (χ0n) is 19.1. The lowest BCUT2D eigenvalue weighted by atomic mass is 9.84. The zero-order chi connectivity index (χ0) is 23.5. The van der Waals surface area contributed by atoms with E-state index in [2.05, 4.69) is 28.1 Å². The third kappa shape index (κ3) is 8.37. The van der Waals surface area contributed by atoms with E-state index in [0.717, 1.165) is 24.1 Å². The number of hydrogen-bond donors (Lipinski definition) is 4. The standard InChI is InChI=1S/C26H35ClN4O2/c27-22-13-9-19(10-14-22)18-29-26(33)31-24(8-4-5-17-28)25(32)30-23-15-11-21(12-16-23)20-6-2-1-3-7-20/h9-16,20,24H,1-8,17-18,28H2,(H,30,32)(H2,29,31,33)/t24-/m1/s1. The van der Waals surface area contributed by atoms with Crippen LogP contribution in [-0.2, 0) is 11.3 Å². The van der Waals surface area contributed by atoms with Gasteiger partial charge < -0.3 is 21.7 Å². The van der Waals surface area contributed by atoms with E-state index in [1.165, 1.54) is 37.7 Å². The highest BCUT2D eigenvalue weighted by Gasteiger charge is 2.21. The monoisotopic (exact) mass is 470 g/mol. The molecular formula is C26H35ClN4O2. The molecule has 0 radical (unpaired) electrons. The van der Waals surface area contributed by atoms with Crippen LogP contribution in [-0.4, -0.2) is 24.5 Å². The van der Waals surface area contributed by atoms with Crippen molar-refractivity contribution in [3.05, 3.63) is 64.7 Å². The van der Waals surface area contributed by atoms with Gasteiger partial charge in [0, 0.05) is 17.3 Å². The molecule has 0 aliphatic heterocycles. The van der Waals surface area contributed by atoms with E-state index in [1.807, 2.05) is 24.3 Å². The summed E-state index contributed by atoms with van der Waals surface area (Å²) in [5.41, 5.74) is 8.61. The van der Waals surface area contributed by atoms with Gasteiger partial charge in [0.2, 0.25) is 5.91 Å². The number of hydrogen-bond acceptors (Lipinski definition) is 3. The molecule has 0 unspecified atom stereocenters. The van der Waals surface area contributed by atoms with Crippen molar-refractivity contribution >= 4 is 29.2 Å². The molecule has 1 fully saturated rings. The molecule has 1 atom stereocenters. The first-order valence-corrected chi connectivity index (χ1v) is 12.3. The van der Waals surface area contributed by atoms with Gasteiger partial charge in [-0.2, -0.15) is 0 Å². The Balaban J connectivity index is 1.54. The van der Waals surface area contributed by atoms with E-state index in [1.54, 1.807) is 12.1 Å². The van der Waals surface area contributed by atoms with Gasteiger partial charge >= 0.3 is 6.03 Å². The van der Waals surface area contributed by atoms with Crippen LogP contribution in [0.3, 0.4) is 0 Å². The topological polar surface area (TPSA) is 96.2 Å². The van der Waals surface area contributed by atoms with Crippen molar-refractivity contribution in [2.75, 3.05) is 11.9 Å². The lowest BCUT2D eigenvalue weighted by Gasteiger charge is -2.22. The van der Waals surface area contributed by atoms with Gasteiger partial charge in [-0.15, -0.1) is 0 Å². The molecule has 0 aromatic heterocycles. The fourth-order valence-corrected chi connectivity index (χ4v) is 4.39. The predicted molar refractivity (Wildman–Crippen MR) is 134 cm³/mol. The number of anilines is 1. The number of carbonyl (C=O) groups is 2. The summed E-state index contributed by atoms with van der Waals surface area (Å²) in [6.45, 7) is 0.905. The van der Waals surface area contributed by atoms with Crippen molar-refractivity contribution in [2.45, 2.75) is 69.9 Å². The number of halogens is 1. The van der Waals surface area contributed by atoms with Crippen molar-refractivity contribution in [2.24, 2.45) is 5.73 Å². The number of amides is 3. The van der Waals surface area contributed by atoms with Gasteiger partial charge in [0.1, 0.15) is 6.04 Å². The summed E-state index contributed by atoms with van der Waals surface area (Å²) < 4.78 is 0. The summed E-state index contributed by atoms with van der Waals surface area (Å²) in [5.74, 6) is 0.401. The fourth-order valence-electron chi connectivity index (χ4n) is 4.26. The van der Waals surface area contributed by atoms with Crippen LogP contribution in [0.5, 0.6) is 0 Å². The highest BCUT2D eigenvalue weighted by molar-refractivity contribution is 6.30. The number of rotatable bonds is 10. The van der Waals surface area contributed by atoms with Gasteiger partial charge in [0.15, 0.2) is 0 Å². The van der Waals surface area contributed by atoms with Crippen LogP contribution in [0.15, 0.2) is 48.5 Å². The lowest BCUT2D eigenvalue weighted by molar-refractivity contribution is -0.118. The SMILES string of the molecule is NCCCC[C@@H](NC(=O)NCc1ccc(Cl)cc1)C(=O)Nc1ccc(C2CCCCC2)cc1. The van der Waals surface area contributed by atoms with Crippen LogP contribution in [0.1, 0.15) is 68.4 Å². The maximum Gasteiger partial charge on any atom is 0.315 e. The molecule has 33 heavy (non-hydrogen) atoms. The van der Waals surface area contributed by atoms with Crippen LogP contribution in [0.2, 0.25) is 5.02 Å². The van der Waals surface area contributed by atoms with Crippen LogP contribution in [0.4, 0.5) is 10.5 Å². The van der Waals surface area contributed by atoms with E-state index in [-0.39, 0.29) is 11.9 Å². The summed E-state index contributed by atoms with van der Waals surface area (Å²) in [5, 5.41) is 9.22. The number of nitrogens with one attached hydrogen (secondary N) is 3. The number of nitrogens with two attached hydrogens (primary N) is 1. The van der Waals surface area contributed by atoms with Crippen molar-refractivity contribution in [1.29, 1.82) is 0 Å². The maximum atomic E-state index is 12.9. The average Bonchev–Trinajstić information content (AvgIpc) is 2.84. The van der Waals surface area contributed by atoms with E-state index in [0.29, 0.717) is 30.5 Å². The van der Waals surface area contributed by atoms with Crippen molar-refractivity contribution < 1.29 is 9.59 Å². The molecule has 0 saturated heterocycles. The van der Waals surface area contributed by atoms with Gasteiger partial charge in [0.05, 0.1) is 0 Å². The van der Waals surface area contributed by atoms with Crippen molar-refractivity contribution in [3.8, 4) is 0 Å². The molecular weight excluding hydrogens is 436 g/mol. The average molecular weight is 471 g/mol. The Morgan fingerprint density at radius 1 is 0.970 bits per heavy atom. The predicted octanol–water partition coefficient (Wildman–Crippen LogP) is 5.32. The Labute approximate surface area is 201 Å². The summed E-state index contributed by atoms with van der Waals surface area (Å²) in [4.78, 5) is 25.4. The maximum absolute atomic E-state index is 12.9. The minimum atomic E-state index is -0.639. The Kier molecular flexibility index (Phi) is 10.0. The second kappa shape index (κ2) is 13.2. The molecule has 2 aromatic rings. The minimum Gasteiger partial charge on any atom is -0.334 e. The highest BCUT2D eigenvalue weighted by atomic mass is 35.5.